The lowest BCUT2D eigenvalue weighted by atomic mass is 10.3. The Kier molecular flexibility index (Phi) is 2.82. The third-order valence-electron chi connectivity index (χ3n) is 1.14. The molecular weight excluding hydrogens is 159 g/mol. The Hall–Kier alpha value is 0.0700. The van der Waals surface area contributed by atoms with Crippen LogP contribution in [0.1, 0.15) is 12.8 Å². The summed E-state index contributed by atoms with van der Waals surface area (Å²) in [6.45, 7) is 0.607. The first-order chi connectivity index (χ1) is 4.77. The molecule has 0 atom stereocenters. The highest BCUT2D eigenvalue weighted by molar-refractivity contribution is 7.48. The summed E-state index contributed by atoms with van der Waals surface area (Å²) in [5.41, 5.74) is 0. The molecule has 0 spiro atoms. The monoisotopic (exact) mass is 168 g/mol. The smallest absolute Gasteiger partial charge is 0.285 e. The van der Waals surface area contributed by atoms with Crippen molar-refractivity contribution in [3.63, 3.8) is 0 Å². The van der Waals surface area contributed by atoms with Crippen molar-refractivity contribution in [3.05, 3.63) is 0 Å². The molecule has 0 aromatic carbocycles. The average Bonchev–Trinajstić information content (AvgIpc) is 2.15. The molecule has 1 saturated heterocycles. The topological polar surface area (TPSA) is 65.0 Å². The Morgan fingerprint density at radius 2 is 1.80 bits per heavy atom. The summed E-state index contributed by atoms with van der Waals surface area (Å²) in [6, 6.07) is 0. The van der Waals surface area contributed by atoms with Gasteiger partial charge >= 0.3 is 7.82 Å². The maximum Gasteiger partial charge on any atom is 0.501 e. The summed E-state index contributed by atoms with van der Waals surface area (Å²) >= 11 is 0. The molecule has 0 aromatic rings. The quantitative estimate of drug-likeness (QED) is 0.364. The second kappa shape index (κ2) is 3.46. The van der Waals surface area contributed by atoms with E-state index < -0.39 is 7.82 Å². The lowest BCUT2D eigenvalue weighted by Gasteiger charge is -2.08. The second-order valence-corrected chi connectivity index (χ2v) is 3.48. The normalized spacial score (nSPS) is 25.7. The van der Waals surface area contributed by atoms with Gasteiger partial charge in [-0.3, -0.25) is 9.05 Å². The molecule has 0 aromatic heterocycles. The highest BCUT2D eigenvalue weighted by atomic mass is 31.2. The van der Waals surface area contributed by atoms with E-state index in [0.29, 0.717) is 13.2 Å². The number of hydrogen-bond acceptors (Lipinski definition) is 5. The van der Waals surface area contributed by atoms with Gasteiger partial charge in [0.05, 0.1) is 13.2 Å². The molecular formula is C4H9O5P. The van der Waals surface area contributed by atoms with Gasteiger partial charge in [0.2, 0.25) is 0 Å². The molecule has 60 valence electrons. The Bertz CT molecular complexity index is 135. The van der Waals surface area contributed by atoms with Crippen LogP contribution in [0.4, 0.5) is 0 Å². The molecule has 0 amide bonds. The fraction of sp³-hybridized carbons (Fsp3) is 1.00. The van der Waals surface area contributed by atoms with Crippen molar-refractivity contribution < 1.29 is 23.5 Å². The summed E-state index contributed by atoms with van der Waals surface area (Å²) < 4.78 is 23.7. The van der Waals surface area contributed by atoms with Crippen LogP contribution in [0.2, 0.25) is 0 Å². The van der Waals surface area contributed by atoms with Gasteiger partial charge in [0.25, 0.3) is 0 Å². The third-order valence-corrected chi connectivity index (χ3v) is 2.34. The second-order valence-electron chi connectivity index (χ2n) is 1.90. The van der Waals surface area contributed by atoms with E-state index in [-0.39, 0.29) is 0 Å². The van der Waals surface area contributed by atoms with Gasteiger partial charge in [0.15, 0.2) is 0 Å². The van der Waals surface area contributed by atoms with E-state index in [4.69, 9.17) is 5.26 Å². The van der Waals surface area contributed by atoms with E-state index in [0.717, 1.165) is 12.8 Å². The van der Waals surface area contributed by atoms with E-state index in [1.807, 2.05) is 0 Å². The van der Waals surface area contributed by atoms with Crippen LogP contribution >= 0.6 is 7.82 Å². The summed E-state index contributed by atoms with van der Waals surface area (Å²) in [7, 11) is -3.58. The molecule has 1 aliphatic heterocycles. The van der Waals surface area contributed by atoms with Crippen LogP contribution in [0.25, 0.3) is 0 Å². The molecule has 0 unspecified atom stereocenters. The first-order valence-electron chi connectivity index (χ1n) is 2.99. The lowest BCUT2D eigenvalue weighted by Crippen LogP contribution is -1.93. The molecule has 10 heavy (non-hydrogen) atoms. The maximum atomic E-state index is 10.9. The molecule has 1 aliphatic rings. The van der Waals surface area contributed by atoms with Crippen LogP contribution in [0.3, 0.4) is 0 Å². The van der Waals surface area contributed by atoms with Crippen molar-refractivity contribution in [2.45, 2.75) is 12.8 Å². The van der Waals surface area contributed by atoms with Crippen molar-refractivity contribution in [3.8, 4) is 0 Å². The van der Waals surface area contributed by atoms with Gasteiger partial charge in [0, 0.05) is 0 Å². The van der Waals surface area contributed by atoms with Crippen LogP contribution in [0.15, 0.2) is 0 Å². The Balaban J connectivity index is 2.49. The Morgan fingerprint density at radius 1 is 1.30 bits per heavy atom. The molecule has 1 rings (SSSR count). The average molecular weight is 168 g/mol. The minimum Gasteiger partial charge on any atom is -0.285 e. The number of rotatable bonds is 1. The SMILES string of the molecule is O=P1(OO)OCCCCO1. The van der Waals surface area contributed by atoms with Crippen LogP contribution in [-0.4, -0.2) is 18.5 Å². The van der Waals surface area contributed by atoms with Gasteiger partial charge in [-0.1, -0.05) is 0 Å². The van der Waals surface area contributed by atoms with Gasteiger partial charge < -0.3 is 0 Å². The van der Waals surface area contributed by atoms with Crippen molar-refractivity contribution in [1.29, 1.82) is 0 Å². The Morgan fingerprint density at radius 3 is 2.20 bits per heavy atom. The van der Waals surface area contributed by atoms with E-state index >= 15 is 0 Å². The predicted octanol–water partition coefficient (Wildman–Crippen LogP) is 1.41. The first-order valence-corrected chi connectivity index (χ1v) is 4.45. The molecule has 6 heteroatoms. The summed E-state index contributed by atoms with van der Waals surface area (Å²) in [4.78, 5) is 0. The zero-order chi connectivity index (χ0) is 7.45. The van der Waals surface area contributed by atoms with E-state index in [9.17, 15) is 4.57 Å². The summed E-state index contributed by atoms with van der Waals surface area (Å²) in [6.07, 6.45) is 1.54. The molecule has 5 nitrogen and oxygen atoms in total. The van der Waals surface area contributed by atoms with E-state index in [1.54, 1.807) is 0 Å². The zero-order valence-corrected chi connectivity index (χ0v) is 6.25. The maximum absolute atomic E-state index is 10.9. The van der Waals surface area contributed by atoms with E-state index in [1.165, 1.54) is 0 Å². The van der Waals surface area contributed by atoms with Crippen LogP contribution in [0, 0.1) is 0 Å². The Labute approximate surface area is 58.4 Å². The third kappa shape index (κ3) is 2.04. The first kappa shape index (κ1) is 8.17. The van der Waals surface area contributed by atoms with Crippen molar-refractivity contribution in [1.82, 2.24) is 0 Å². The standard InChI is InChI=1S/C4H9O5P/c5-9-10(6)7-3-1-2-4-8-10/h5H,1-4H2. The summed E-state index contributed by atoms with van der Waals surface area (Å²) in [5.74, 6) is 0. The number of phosphoric acid groups is 1. The fourth-order valence-electron chi connectivity index (χ4n) is 0.641. The van der Waals surface area contributed by atoms with Gasteiger partial charge in [-0.2, -0.15) is 0 Å². The van der Waals surface area contributed by atoms with E-state index in [2.05, 4.69) is 13.7 Å². The zero-order valence-electron chi connectivity index (χ0n) is 5.36. The highest BCUT2D eigenvalue weighted by Crippen LogP contribution is 2.49. The fourth-order valence-corrected chi connectivity index (χ4v) is 1.52. The molecule has 1 heterocycles. The molecule has 0 bridgehead atoms. The molecule has 1 fully saturated rings. The molecule has 0 saturated carbocycles. The van der Waals surface area contributed by atoms with Gasteiger partial charge in [-0.15, -0.1) is 4.67 Å². The minimum atomic E-state index is -3.58. The lowest BCUT2D eigenvalue weighted by molar-refractivity contribution is -0.164. The van der Waals surface area contributed by atoms with Crippen LogP contribution in [-0.2, 0) is 18.3 Å². The molecule has 0 aliphatic carbocycles. The van der Waals surface area contributed by atoms with Crippen molar-refractivity contribution >= 4 is 7.82 Å². The molecule has 1 N–H and O–H groups in total. The summed E-state index contributed by atoms with van der Waals surface area (Å²) in [5, 5.41) is 8.06. The van der Waals surface area contributed by atoms with Gasteiger partial charge in [0.1, 0.15) is 0 Å². The number of phosphoric ester groups is 1. The largest absolute Gasteiger partial charge is 0.501 e. The van der Waals surface area contributed by atoms with Gasteiger partial charge in [-0.05, 0) is 12.8 Å². The minimum absolute atomic E-state index is 0.303. The van der Waals surface area contributed by atoms with Crippen LogP contribution < -0.4 is 0 Å². The van der Waals surface area contributed by atoms with Crippen molar-refractivity contribution in [2.24, 2.45) is 0 Å². The number of hydrogen-bond donors (Lipinski definition) is 1. The molecule has 0 radical (unpaired) electrons. The van der Waals surface area contributed by atoms with Crippen LogP contribution in [0.5, 0.6) is 0 Å². The van der Waals surface area contributed by atoms with Gasteiger partial charge in [-0.25, -0.2) is 9.82 Å². The predicted molar refractivity (Wildman–Crippen MR) is 32.5 cm³/mol. The highest BCUT2D eigenvalue weighted by Gasteiger charge is 2.28. The van der Waals surface area contributed by atoms with Crippen molar-refractivity contribution in [2.75, 3.05) is 13.2 Å².